The fraction of sp³-hybridized carbons (Fsp3) is 0.609. The minimum atomic E-state index is -0.152. The van der Waals surface area contributed by atoms with Gasteiger partial charge in [0, 0.05) is 39.1 Å². The van der Waals surface area contributed by atoms with Crippen LogP contribution in [-0.4, -0.2) is 66.4 Å². The first-order valence-corrected chi connectivity index (χ1v) is 11.1. The molecule has 2 heterocycles. The molecule has 0 spiro atoms. The van der Waals surface area contributed by atoms with Crippen molar-refractivity contribution in [2.24, 2.45) is 11.8 Å². The van der Waals surface area contributed by atoms with E-state index < -0.39 is 0 Å². The molecule has 162 valence electrons. The maximum atomic E-state index is 12.5. The van der Waals surface area contributed by atoms with Crippen molar-refractivity contribution in [2.75, 3.05) is 32.8 Å². The van der Waals surface area contributed by atoms with Crippen molar-refractivity contribution in [2.45, 2.75) is 44.8 Å². The highest BCUT2D eigenvalue weighted by atomic mass is 16.5. The number of morpholine rings is 1. The summed E-state index contributed by atoms with van der Waals surface area (Å²) in [5.41, 5.74) is 1.27. The first-order valence-electron chi connectivity index (χ1n) is 11.1. The van der Waals surface area contributed by atoms with Gasteiger partial charge in [-0.3, -0.25) is 24.2 Å². The molecule has 3 amide bonds. The second-order valence-corrected chi connectivity index (χ2v) is 8.59. The number of hydrogen-bond acceptors (Lipinski definition) is 5. The molecule has 0 bridgehead atoms. The maximum Gasteiger partial charge on any atom is 0.233 e. The maximum absolute atomic E-state index is 12.5. The molecule has 0 aromatic heterocycles. The zero-order valence-electron chi connectivity index (χ0n) is 17.4. The molecule has 0 radical (unpaired) electrons. The van der Waals surface area contributed by atoms with Crippen molar-refractivity contribution in [3.63, 3.8) is 0 Å². The highest BCUT2D eigenvalue weighted by Gasteiger charge is 2.47. The van der Waals surface area contributed by atoms with E-state index in [1.54, 1.807) is 0 Å². The van der Waals surface area contributed by atoms with Gasteiger partial charge in [-0.1, -0.05) is 43.2 Å². The Labute approximate surface area is 177 Å². The van der Waals surface area contributed by atoms with Gasteiger partial charge in [0.2, 0.25) is 17.7 Å². The lowest BCUT2D eigenvalue weighted by atomic mass is 9.81. The third kappa shape index (κ3) is 4.90. The molecular formula is C23H31N3O4. The van der Waals surface area contributed by atoms with Crippen LogP contribution in [0.3, 0.4) is 0 Å². The summed E-state index contributed by atoms with van der Waals surface area (Å²) < 4.78 is 5.80. The second-order valence-electron chi connectivity index (χ2n) is 8.59. The number of likely N-dealkylation sites (tertiary alicyclic amines) is 1. The minimum absolute atomic E-state index is 0.0515. The summed E-state index contributed by atoms with van der Waals surface area (Å²) in [5, 5.41) is 2.91. The van der Waals surface area contributed by atoms with Crippen molar-refractivity contribution in [1.82, 2.24) is 15.1 Å². The molecule has 7 heteroatoms. The number of hydrogen-bond donors (Lipinski definition) is 1. The lowest BCUT2D eigenvalue weighted by molar-refractivity contribution is -0.140. The summed E-state index contributed by atoms with van der Waals surface area (Å²) in [6.07, 6.45) is 3.72. The zero-order valence-corrected chi connectivity index (χ0v) is 17.4. The first-order chi connectivity index (χ1) is 14.6. The summed E-state index contributed by atoms with van der Waals surface area (Å²) in [6, 6.07) is 10.3. The minimum Gasteiger partial charge on any atom is -0.374 e. The summed E-state index contributed by atoms with van der Waals surface area (Å²) in [5.74, 6) is -0.607. The average Bonchev–Trinajstić information content (AvgIpc) is 3.02. The van der Waals surface area contributed by atoms with E-state index in [-0.39, 0.29) is 48.6 Å². The van der Waals surface area contributed by atoms with E-state index >= 15 is 0 Å². The van der Waals surface area contributed by atoms with E-state index in [2.05, 4.69) is 22.3 Å². The van der Waals surface area contributed by atoms with E-state index in [0.717, 1.165) is 45.3 Å². The lowest BCUT2D eigenvalue weighted by Crippen LogP contribution is -2.47. The second kappa shape index (κ2) is 9.71. The van der Waals surface area contributed by atoms with Crippen LogP contribution in [0.2, 0.25) is 0 Å². The molecule has 3 fully saturated rings. The third-order valence-electron chi connectivity index (χ3n) is 6.49. The first kappa shape index (κ1) is 21.0. The Kier molecular flexibility index (Phi) is 6.79. The Morgan fingerprint density at radius 1 is 1.07 bits per heavy atom. The van der Waals surface area contributed by atoms with Crippen LogP contribution in [0.5, 0.6) is 0 Å². The Hall–Kier alpha value is -2.25. The predicted molar refractivity (Wildman–Crippen MR) is 111 cm³/mol. The molecule has 7 nitrogen and oxygen atoms in total. The van der Waals surface area contributed by atoms with Crippen LogP contribution < -0.4 is 5.32 Å². The molecule has 0 unspecified atom stereocenters. The van der Waals surface area contributed by atoms with Crippen molar-refractivity contribution < 1.29 is 19.1 Å². The SMILES string of the molecule is O=C(CCN1C(=O)[C@H]2CCCC[C@H]2C1=O)NC[C@H]1CN(Cc2ccccc2)CCO1. The van der Waals surface area contributed by atoms with Crippen LogP contribution in [0.4, 0.5) is 0 Å². The van der Waals surface area contributed by atoms with Crippen molar-refractivity contribution in [3.8, 4) is 0 Å². The van der Waals surface area contributed by atoms with E-state index in [0.29, 0.717) is 13.2 Å². The average molecular weight is 414 g/mol. The van der Waals surface area contributed by atoms with Gasteiger partial charge in [0.25, 0.3) is 0 Å². The van der Waals surface area contributed by atoms with Crippen molar-refractivity contribution >= 4 is 17.7 Å². The zero-order chi connectivity index (χ0) is 20.9. The fourth-order valence-corrected chi connectivity index (χ4v) is 4.87. The van der Waals surface area contributed by atoms with Gasteiger partial charge in [-0.15, -0.1) is 0 Å². The van der Waals surface area contributed by atoms with Gasteiger partial charge < -0.3 is 10.1 Å². The number of rotatable bonds is 7. The highest BCUT2D eigenvalue weighted by molar-refractivity contribution is 6.05. The largest absolute Gasteiger partial charge is 0.374 e. The molecule has 1 aliphatic carbocycles. The Morgan fingerprint density at radius 2 is 1.77 bits per heavy atom. The van der Waals surface area contributed by atoms with Gasteiger partial charge in [0.15, 0.2) is 0 Å². The molecule has 3 atom stereocenters. The van der Waals surface area contributed by atoms with Crippen LogP contribution in [0.1, 0.15) is 37.7 Å². The number of amides is 3. The van der Waals surface area contributed by atoms with E-state index in [9.17, 15) is 14.4 Å². The van der Waals surface area contributed by atoms with Gasteiger partial charge in [0.05, 0.1) is 24.5 Å². The van der Waals surface area contributed by atoms with E-state index in [1.807, 2.05) is 18.2 Å². The van der Waals surface area contributed by atoms with E-state index in [1.165, 1.54) is 10.5 Å². The third-order valence-corrected chi connectivity index (χ3v) is 6.49. The number of nitrogens with one attached hydrogen (secondary N) is 1. The number of ether oxygens (including phenoxy) is 1. The van der Waals surface area contributed by atoms with Crippen molar-refractivity contribution in [3.05, 3.63) is 35.9 Å². The smallest absolute Gasteiger partial charge is 0.233 e. The lowest BCUT2D eigenvalue weighted by Gasteiger charge is -2.33. The van der Waals surface area contributed by atoms with Gasteiger partial charge in [0.1, 0.15) is 0 Å². The summed E-state index contributed by atoms with van der Waals surface area (Å²) >= 11 is 0. The van der Waals surface area contributed by atoms with Gasteiger partial charge in [-0.2, -0.15) is 0 Å². The molecule has 1 aromatic rings. The van der Waals surface area contributed by atoms with Crippen LogP contribution >= 0.6 is 0 Å². The summed E-state index contributed by atoms with van der Waals surface area (Å²) in [7, 11) is 0. The Bertz CT molecular complexity index is 745. The van der Waals surface area contributed by atoms with Crippen LogP contribution in [0, 0.1) is 11.8 Å². The van der Waals surface area contributed by atoms with Crippen LogP contribution in [0.15, 0.2) is 30.3 Å². The van der Waals surface area contributed by atoms with Gasteiger partial charge in [-0.05, 0) is 18.4 Å². The molecule has 30 heavy (non-hydrogen) atoms. The number of carbonyl (C=O) groups excluding carboxylic acids is 3. The molecule has 4 rings (SSSR count). The van der Waals surface area contributed by atoms with Crippen LogP contribution in [0.25, 0.3) is 0 Å². The predicted octanol–water partition coefficient (Wildman–Crippen LogP) is 1.57. The number of imide groups is 1. The molecule has 2 saturated heterocycles. The normalized spacial score (nSPS) is 27.2. The summed E-state index contributed by atoms with van der Waals surface area (Å²) in [4.78, 5) is 41.0. The molecule has 1 aromatic carbocycles. The molecule has 1 saturated carbocycles. The Balaban J connectivity index is 1.19. The fourth-order valence-electron chi connectivity index (χ4n) is 4.87. The van der Waals surface area contributed by atoms with Crippen molar-refractivity contribution in [1.29, 1.82) is 0 Å². The topological polar surface area (TPSA) is 79.0 Å². The molecule has 3 aliphatic rings. The van der Waals surface area contributed by atoms with Gasteiger partial charge >= 0.3 is 0 Å². The number of benzene rings is 1. The number of carbonyl (C=O) groups is 3. The molecule has 2 aliphatic heterocycles. The molecular weight excluding hydrogens is 382 g/mol. The van der Waals surface area contributed by atoms with Crippen LogP contribution in [-0.2, 0) is 25.7 Å². The monoisotopic (exact) mass is 413 g/mol. The standard InChI is InChI=1S/C23H31N3O4/c27-21(10-11-26-22(28)19-8-4-5-9-20(19)23(26)29)24-14-18-16-25(12-13-30-18)15-17-6-2-1-3-7-17/h1-3,6-7,18-20H,4-5,8-16H2,(H,24,27)/t18-,19-,20+/m0/s1. The van der Waals surface area contributed by atoms with Gasteiger partial charge in [-0.25, -0.2) is 0 Å². The number of fused-ring (bicyclic) bond motifs is 1. The Morgan fingerprint density at radius 3 is 2.47 bits per heavy atom. The molecule has 1 N–H and O–H groups in total. The summed E-state index contributed by atoms with van der Waals surface area (Å²) in [6.45, 7) is 3.78. The highest BCUT2D eigenvalue weighted by Crippen LogP contribution is 2.37. The number of nitrogens with zero attached hydrogens (tertiary/aromatic N) is 2. The van der Waals surface area contributed by atoms with E-state index in [4.69, 9.17) is 4.74 Å². The quantitative estimate of drug-likeness (QED) is 0.687.